The minimum absolute atomic E-state index is 0.0344. The van der Waals surface area contributed by atoms with Crippen LogP contribution in [0.15, 0.2) is 18.2 Å². The number of hydrogen-bond donors (Lipinski definition) is 0. The second-order valence-corrected chi connectivity index (χ2v) is 7.30. The van der Waals surface area contributed by atoms with Crippen molar-refractivity contribution in [2.45, 2.75) is 19.8 Å². The van der Waals surface area contributed by atoms with Gasteiger partial charge in [-0.3, -0.25) is 14.5 Å². The molecule has 0 unspecified atom stereocenters. The maximum absolute atomic E-state index is 12.8. The highest BCUT2D eigenvalue weighted by Crippen LogP contribution is 2.32. The van der Waals surface area contributed by atoms with Gasteiger partial charge in [-0.15, -0.1) is 0 Å². The van der Waals surface area contributed by atoms with Crippen LogP contribution < -0.4 is 14.4 Å². The molecular formula is C21H29N3O6. The molecule has 2 aliphatic heterocycles. The summed E-state index contributed by atoms with van der Waals surface area (Å²) in [5.74, 6) is 0.695. The number of ether oxygens (including phenoxy) is 3. The predicted molar refractivity (Wildman–Crippen MR) is 110 cm³/mol. The van der Waals surface area contributed by atoms with E-state index in [1.165, 1.54) is 0 Å². The summed E-state index contributed by atoms with van der Waals surface area (Å²) in [6, 6.07) is 5.09. The van der Waals surface area contributed by atoms with E-state index in [2.05, 4.69) is 0 Å². The molecule has 0 saturated carbocycles. The molecule has 0 aromatic heterocycles. The van der Waals surface area contributed by atoms with Gasteiger partial charge in [-0.2, -0.15) is 0 Å². The first-order valence-corrected chi connectivity index (χ1v) is 10.2. The van der Waals surface area contributed by atoms with Crippen LogP contribution in [0.5, 0.6) is 11.5 Å². The number of esters is 1. The third-order valence-corrected chi connectivity index (χ3v) is 5.57. The number of amides is 3. The van der Waals surface area contributed by atoms with Crippen molar-refractivity contribution in [3.05, 3.63) is 18.2 Å². The smallest absolute Gasteiger partial charge is 0.325 e. The Labute approximate surface area is 176 Å². The Hall–Kier alpha value is -2.97. The quantitative estimate of drug-likeness (QED) is 0.626. The van der Waals surface area contributed by atoms with Crippen LogP contribution in [0.25, 0.3) is 0 Å². The van der Waals surface area contributed by atoms with Gasteiger partial charge in [-0.25, -0.2) is 4.79 Å². The Bertz CT molecular complexity index is 791. The Kier molecular flexibility index (Phi) is 7.02. The van der Waals surface area contributed by atoms with Crippen LogP contribution in [-0.4, -0.2) is 81.3 Å². The highest BCUT2D eigenvalue weighted by atomic mass is 16.5. The minimum Gasteiger partial charge on any atom is -0.493 e. The standard InChI is InChI=1S/C21H29N3O6/c1-4-30-20(26)15-7-9-22(10-8-15)19(25)14-23-11-12-24(21(23)27)16-5-6-17(28-2)18(13-16)29-3/h5-6,13,15H,4,7-12,14H2,1-3H3. The topological polar surface area (TPSA) is 88.6 Å². The van der Waals surface area contributed by atoms with E-state index in [1.807, 2.05) is 0 Å². The molecule has 0 radical (unpaired) electrons. The second-order valence-electron chi connectivity index (χ2n) is 7.30. The molecule has 2 aliphatic rings. The number of methoxy groups -OCH3 is 2. The maximum Gasteiger partial charge on any atom is 0.325 e. The van der Waals surface area contributed by atoms with E-state index in [0.717, 1.165) is 0 Å². The third kappa shape index (κ3) is 4.60. The lowest BCUT2D eigenvalue weighted by Gasteiger charge is -2.32. The summed E-state index contributed by atoms with van der Waals surface area (Å²) in [6.45, 7) is 4.16. The number of likely N-dealkylation sites (tertiary alicyclic amines) is 1. The van der Waals surface area contributed by atoms with Crippen molar-refractivity contribution < 1.29 is 28.6 Å². The zero-order valence-electron chi connectivity index (χ0n) is 17.8. The molecule has 9 nitrogen and oxygen atoms in total. The van der Waals surface area contributed by atoms with Crippen LogP contribution in [0.3, 0.4) is 0 Å². The first-order chi connectivity index (χ1) is 14.5. The fourth-order valence-electron chi connectivity index (χ4n) is 3.85. The number of rotatable bonds is 7. The van der Waals surface area contributed by atoms with Crippen molar-refractivity contribution in [1.82, 2.24) is 9.80 Å². The zero-order chi connectivity index (χ0) is 21.7. The van der Waals surface area contributed by atoms with Gasteiger partial charge in [0.2, 0.25) is 5.91 Å². The van der Waals surface area contributed by atoms with Gasteiger partial charge in [0.1, 0.15) is 6.54 Å². The summed E-state index contributed by atoms with van der Waals surface area (Å²) < 4.78 is 15.6. The van der Waals surface area contributed by atoms with Crippen molar-refractivity contribution in [2.75, 3.05) is 58.5 Å². The molecule has 0 aliphatic carbocycles. The van der Waals surface area contributed by atoms with Gasteiger partial charge in [-0.1, -0.05) is 0 Å². The van der Waals surface area contributed by atoms with E-state index in [-0.39, 0.29) is 30.4 Å². The van der Waals surface area contributed by atoms with Crippen LogP contribution in [0.4, 0.5) is 10.5 Å². The molecule has 1 aromatic carbocycles. The summed E-state index contributed by atoms with van der Waals surface area (Å²) in [7, 11) is 3.10. The molecule has 3 amide bonds. The number of urea groups is 1. The number of anilines is 1. The molecule has 3 rings (SSSR count). The molecule has 2 heterocycles. The van der Waals surface area contributed by atoms with Gasteiger partial charge in [0.15, 0.2) is 11.5 Å². The summed E-state index contributed by atoms with van der Waals surface area (Å²) in [5.41, 5.74) is 0.697. The second kappa shape index (κ2) is 9.69. The monoisotopic (exact) mass is 419 g/mol. The maximum atomic E-state index is 12.8. The highest BCUT2D eigenvalue weighted by molar-refractivity contribution is 5.96. The number of benzene rings is 1. The lowest BCUT2D eigenvalue weighted by Crippen LogP contribution is -2.46. The number of carbonyl (C=O) groups is 3. The zero-order valence-corrected chi connectivity index (χ0v) is 17.8. The molecular weight excluding hydrogens is 390 g/mol. The molecule has 0 spiro atoms. The number of piperidine rings is 1. The van der Waals surface area contributed by atoms with Gasteiger partial charge < -0.3 is 24.0 Å². The SMILES string of the molecule is CCOC(=O)C1CCN(C(=O)CN2CCN(c3ccc(OC)c(OC)c3)C2=O)CC1. The number of carbonyl (C=O) groups excluding carboxylic acids is 3. The number of hydrogen-bond acceptors (Lipinski definition) is 6. The normalized spacial score (nSPS) is 17.3. The molecule has 0 atom stereocenters. The molecule has 0 bridgehead atoms. The fraction of sp³-hybridized carbons (Fsp3) is 0.571. The molecule has 0 N–H and O–H groups in total. The molecule has 30 heavy (non-hydrogen) atoms. The summed E-state index contributed by atoms with van der Waals surface area (Å²) in [4.78, 5) is 42.3. The Morgan fingerprint density at radius 1 is 1.03 bits per heavy atom. The van der Waals surface area contributed by atoms with Crippen LogP contribution >= 0.6 is 0 Å². The molecule has 1 aromatic rings. The molecule has 9 heteroatoms. The number of nitrogens with zero attached hydrogens (tertiary/aromatic N) is 3. The molecule has 164 valence electrons. The predicted octanol–water partition coefficient (Wildman–Crippen LogP) is 1.75. The Morgan fingerprint density at radius 2 is 1.73 bits per heavy atom. The first kappa shape index (κ1) is 21.7. The fourth-order valence-corrected chi connectivity index (χ4v) is 3.85. The van der Waals surface area contributed by atoms with Crippen LogP contribution in [0.2, 0.25) is 0 Å². The van der Waals surface area contributed by atoms with Crippen molar-refractivity contribution in [2.24, 2.45) is 5.92 Å². The lowest BCUT2D eigenvalue weighted by atomic mass is 9.97. The molecule has 2 fully saturated rings. The van der Waals surface area contributed by atoms with E-state index in [4.69, 9.17) is 14.2 Å². The van der Waals surface area contributed by atoms with Gasteiger partial charge in [-0.05, 0) is 31.9 Å². The van der Waals surface area contributed by atoms with E-state index in [0.29, 0.717) is 62.8 Å². The van der Waals surface area contributed by atoms with Gasteiger partial charge in [0.05, 0.1) is 26.7 Å². The summed E-state index contributed by atoms with van der Waals surface area (Å²) >= 11 is 0. The minimum atomic E-state index is -0.211. The lowest BCUT2D eigenvalue weighted by molar-refractivity contribution is -0.151. The largest absolute Gasteiger partial charge is 0.493 e. The van der Waals surface area contributed by atoms with Crippen molar-refractivity contribution >= 4 is 23.6 Å². The van der Waals surface area contributed by atoms with E-state index >= 15 is 0 Å². The van der Waals surface area contributed by atoms with Gasteiger partial charge in [0, 0.05) is 37.9 Å². The van der Waals surface area contributed by atoms with Crippen molar-refractivity contribution in [1.29, 1.82) is 0 Å². The first-order valence-electron chi connectivity index (χ1n) is 10.2. The van der Waals surface area contributed by atoms with Crippen LogP contribution in [-0.2, 0) is 14.3 Å². The summed E-state index contributed by atoms with van der Waals surface area (Å²) in [6.07, 6.45) is 1.19. The Balaban J connectivity index is 1.56. The van der Waals surface area contributed by atoms with Crippen LogP contribution in [0, 0.1) is 5.92 Å². The van der Waals surface area contributed by atoms with Gasteiger partial charge in [0.25, 0.3) is 0 Å². The van der Waals surface area contributed by atoms with Gasteiger partial charge >= 0.3 is 12.0 Å². The van der Waals surface area contributed by atoms with E-state index in [1.54, 1.807) is 54.0 Å². The average Bonchev–Trinajstić information content (AvgIpc) is 3.13. The molecule has 2 saturated heterocycles. The van der Waals surface area contributed by atoms with Crippen molar-refractivity contribution in [3.8, 4) is 11.5 Å². The highest BCUT2D eigenvalue weighted by Gasteiger charge is 2.34. The third-order valence-electron chi connectivity index (χ3n) is 5.57. The van der Waals surface area contributed by atoms with E-state index in [9.17, 15) is 14.4 Å². The van der Waals surface area contributed by atoms with Crippen LogP contribution in [0.1, 0.15) is 19.8 Å². The summed E-state index contributed by atoms with van der Waals surface area (Å²) in [5, 5.41) is 0. The van der Waals surface area contributed by atoms with E-state index < -0.39 is 0 Å². The average molecular weight is 419 g/mol. The Morgan fingerprint density at radius 3 is 2.37 bits per heavy atom. The van der Waals surface area contributed by atoms with Crippen molar-refractivity contribution in [3.63, 3.8) is 0 Å².